The largest absolute Gasteiger partial charge is 0.376 e. The Balaban J connectivity index is 2.21. The van der Waals surface area contributed by atoms with Gasteiger partial charge in [0, 0.05) is 17.1 Å². The number of nitrogens with one attached hydrogen (secondary N) is 1. The highest BCUT2D eigenvalue weighted by Gasteiger charge is 2.23. The van der Waals surface area contributed by atoms with Gasteiger partial charge in [-0.05, 0) is 30.9 Å². The van der Waals surface area contributed by atoms with E-state index in [1.54, 1.807) is 12.1 Å². The number of rotatable bonds is 3. The third-order valence-corrected chi connectivity index (χ3v) is 4.09. The van der Waals surface area contributed by atoms with Crippen LogP contribution in [0.5, 0.6) is 0 Å². The maximum atomic E-state index is 11.0. The van der Waals surface area contributed by atoms with Crippen LogP contribution in [0.2, 0.25) is 5.02 Å². The predicted molar refractivity (Wildman–Crippen MR) is 77.8 cm³/mol. The fourth-order valence-corrected chi connectivity index (χ4v) is 2.86. The molecule has 104 valence electrons. The molecule has 2 atom stereocenters. The van der Waals surface area contributed by atoms with Crippen LogP contribution in [0.15, 0.2) is 18.2 Å². The average molecular weight is 283 g/mol. The van der Waals surface area contributed by atoms with Crippen molar-refractivity contribution >= 4 is 23.0 Å². The van der Waals surface area contributed by atoms with Crippen molar-refractivity contribution < 1.29 is 4.92 Å². The van der Waals surface area contributed by atoms with Crippen LogP contribution in [0.1, 0.15) is 39.0 Å². The van der Waals surface area contributed by atoms with E-state index in [4.69, 9.17) is 11.6 Å². The second-order valence-electron chi connectivity index (χ2n) is 5.28. The third kappa shape index (κ3) is 3.60. The molecule has 0 aromatic heterocycles. The van der Waals surface area contributed by atoms with E-state index in [9.17, 15) is 10.1 Å². The van der Waals surface area contributed by atoms with E-state index in [0.717, 1.165) is 6.42 Å². The maximum Gasteiger partial charge on any atom is 0.292 e. The first kappa shape index (κ1) is 14.1. The highest BCUT2D eigenvalue weighted by Crippen LogP contribution is 2.32. The first-order chi connectivity index (χ1) is 9.08. The number of hydrogen-bond donors (Lipinski definition) is 1. The number of anilines is 1. The van der Waals surface area contributed by atoms with E-state index in [0.29, 0.717) is 22.7 Å². The second-order valence-corrected chi connectivity index (χ2v) is 5.72. The zero-order valence-corrected chi connectivity index (χ0v) is 11.8. The number of hydrogen-bond acceptors (Lipinski definition) is 3. The van der Waals surface area contributed by atoms with Gasteiger partial charge in [-0.25, -0.2) is 0 Å². The summed E-state index contributed by atoms with van der Waals surface area (Å²) in [6.45, 7) is 2.21. The zero-order valence-electron chi connectivity index (χ0n) is 11.1. The van der Waals surface area contributed by atoms with Gasteiger partial charge in [-0.15, -0.1) is 0 Å². The SMILES string of the molecule is CC1CCCCCC1Nc1cc(Cl)ccc1[N+](=O)[O-]. The van der Waals surface area contributed by atoms with Crippen LogP contribution >= 0.6 is 11.6 Å². The van der Waals surface area contributed by atoms with Gasteiger partial charge in [0.2, 0.25) is 0 Å². The van der Waals surface area contributed by atoms with Crippen LogP contribution in [0.4, 0.5) is 11.4 Å². The van der Waals surface area contributed by atoms with Gasteiger partial charge in [-0.1, -0.05) is 37.8 Å². The van der Waals surface area contributed by atoms with Gasteiger partial charge in [-0.2, -0.15) is 0 Å². The lowest BCUT2D eigenvalue weighted by Crippen LogP contribution is -2.26. The molecule has 4 nitrogen and oxygen atoms in total. The maximum absolute atomic E-state index is 11.0. The molecule has 5 heteroatoms. The number of nitro groups is 1. The minimum Gasteiger partial charge on any atom is -0.376 e. The van der Waals surface area contributed by atoms with Gasteiger partial charge in [0.15, 0.2) is 0 Å². The van der Waals surface area contributed by atoms with Gasteiger partial charge < -0.3 is 5.32 Å². The van der Waals surface area contributed by atoms with Crippen molar-refractivity contribution in [1.29, 1.82) is 0 Å². The third-order valence-electron chi connectivity index (χ3n) is 3.86. The van der Waals surface area contributed by atoms with Crippen LogP contribution in [0.25, 0.3) is 0 Å². The second kappa shape index (κ2) is 6.24. The van der Waals surface area contributed by atoms with Crippen molar-refractivity contribution in [1.82, 2.24) is 0 Å². The molecule has 0 bridgehead atoms. The average Bonchev–Trinajstić information content (AvgIpc) is 2.55. The first-order valence-electron chi connectivity index (χ1n) is 6.78. The Morgan fingerprint density at radius 1 is 1.32 bits per heavy atom. The van der Waals surface area contributed by atoms with Crippen LogP contribution in [-0.4, -0.2) is 11.0 Å². The van der Waals surface area contributed by atoms with Gasteiger partial charge >= 0.3 is 0 Å². The monoisotopic (exact) mass is 282 g/mol. The van der Waals surface area contributed by atoms with E-state index < -0.39 is 0 Å². The molecule has 0 saturated heterocycles. The Labute approximate surface area is 118 Å². The van der Waals surface area contributed by atoms with Crippen LogP contribution in [0, 0.1) is 16.0 Å². The summed E-state index contributed by atoms with van der Waals surface area (Å²) in [4.78, 5) is 10.7. The Morgan fingerprint density at radius 3 is 2.79 bits per heavy atom. The molecule has 2 rings (SSSR count). The summed E-state index contributed by atoms with van der Waals surface area (Å²) in [5, 5.41) is 14.9. The highest BCUT2D eigenvalue weighted by atomic mass is 35.5. The fraction of sp³-hybridized carbons (Fsp3) is 0.571. The van der Waals surface area contributed by atoms with Crippen LogP contribution < -0.4 is 5.32 Å². The summed E-state index contributed by atoms with van der Waals surface area (Å²) >= 11 is 5.95. The van der Waals surface area contributed by atoms with Gasteiger partial charge in [-0.3, -0.25) is 10.1 Å². The lowest BCUT2D eigenvalue weighted by molar-refractivity contribution is -0.384. The van der Waals surface area contributed by atoms with Crippen molar-refractivity contribution in [3.05, 3.63) is 33.3 Å². The summed E-state index contributed by atoms with van der Waals surface area (Å²) in [7, 11) is 0. The smallest absolute Gasteiger partial charge is 0.292 e. The summed E-state index contributed by atoms with van der Waals surface area (Å²) < 4.78 is 0. The Morgan fingerprint density at radius 2 is 2.05 bits per heavy atom. The summed E-state index contributed by atoms with van der Waals surface area (Å²) in [5.41, 5.74) is 0.636. The number of benzene rings is 1. The van der Waals surface area contributed by atoms with Crippen LogP contribution in [0.3, 0.4) is 0 Å². The van der Waals surface area contributed by atoms with E-state index in [1.807, 2.05) is 0 Å². The van der Waals surface area contributed by atoms with E-state index >= 15 is 0 Å². The summed E-state index contributed by atoms with van der Waals surface area (Å²) in [6.07, 6.45) is 5.91. The molecule has 1 aliphatic carbocycles. The molecule has 19 heavy (non-hydrogen) atoms. The van der Waals surface area contributed by atoms with Gasteiger partial charge in [0.05, 0.1) is 4.92 Å². The molecule has 1 fully saturated rings. The molecular weight excluding hydrogens is 264 g/mol. The molecule has 1 aromatic carbocycles. The fourth-order valence-electron chi connectivity index (χ4n) is 2.69. The topological polar surface area (TPSA) is 55.2 Å². The minimum absolute atomic E-state index is 0.0980. The molecule has 0 spiro atoms. The molecule has 1 aliphatic rings. The van der Waals surface area contributed by atoms with Gasteiger partial charge in [0.1, 0.15) is 5.69 Å². The molecule has 0 amide bonds. The molecule has 1 saturated carbocycles. The van der Waals surface area contributed by atoms with E-state index in [-0.39, 0.29) is 10.6 Å². The van der Waals surface area contributed by atoms with E-state index in [2.05, 4.69) is 12.2 Å². The summed E-state index contributed by atoms with van der Waals surface area (Å²) in [5.74, 6) is 0.529. The normalized spacial score (nSPS) is 23.7. The van der Waals surface area contributed by atoms with Crippen molar-refractivity contribution in [3.8, 4) is 0 Å². The molecule has 0 heterocycles. The molecule has 0 radical (unpaired) electrons. The number of halogens is 1. The molecule has 2 unspecified atom stereocenters. The molecule has 0 aliphatic heterocycles. The molecule has 1 aromatic rings. The van der Waals surface area contributed by atoms with Crippen molar-refractivity contribution in [3.63, 3.8) is 0 Å². The van der Waals surface area contributed by atoms with Crippen LogP contribution in [-0.2, 0) is 0 Å². The van der Waals surface area contributed by atoms with Crippen molar-refractivity contribution in [2.24, 2.45) is 5.92 Å². The highest BCUT2D eigenvalue weighted by molar-refractivity contribution is 6.31. The lowest BCUT2D eigenvalue weighted by atomic mass is 9.96. The Kier molecular flexibility index (Phi) is 4.64. The van der Waals surface area contributed by atoms with Gasteiger partial charge in [0.25, 0.3) is 5.69 Å². The Bertz CT molecular complexity index is 465. The standard InChI is InChI=1S/C14H19ClN2O2/c1-10-5-3-2-4-6-12(10)16-13-9-11(15)7-8-14(13)17(18)19/h7-10,12,16H,2-6H2,1H3. The van der Waals surface area contributed by atoms with E-state index in [1.165, 1.54) is 31.7 Å². The first-order valence-corrected chi connectivity index (χ1v) is 7.16. The lowest BCUT2D eigenvalue weighted by Gasteiger charge is -2.23. The zero-order chi connectivity index (χ0) is 13.8. The molecular formula is C14H19ClN2O2. The summed E-state index contributed by atoms with van der Waals surface area (Å²) in [6, 6.07) is 4.96. The minimum atomic E-state index is -0.361. The van der Waals surface area contributed by atoms with Crippen molar-refractivity contribution in [2.45, 2.75) is 45.1 Å². The number of nitro benzene ring substituents is 1. The number of nitrogens with zero attached hydrogens (tertiary/aromatic N) is 1. The Hall–Kier alpha value is -1.29. The predicted octanol–water partition coefficient (Wildman–Crippen LogP) is 4.63. The molecule has 1 N–H and O–H groups in total. The quantitative estimate of drug-likeness (QED) is 0.499. The van der Waals surface area contributed by atoms with Crippen molar-refractivity contribution in [2.75, 3.05) is 5.32 Å².